The molecular weight excluding hydrogens is 265 g/mol. The lowest BCUT2D eigenvalue weighted by molar-refractivity contribution is 0.499. The molecule has 0 amide bonds. The first kappa shape index (κ1) is 12.2. The van der Waals surface area contributed by atoms with E-state index >= 15 is 0 Å². The second-order valence-corrected chi connectivity index (χ2v) is 6.96. The van der Waals surface area contributed by atoms with Crippen LogP contribution in [0.4, 0.5) is 0 Å². The van der Waals surface area contributed by atoms with Crippen LogP contribution in [0.25, 0.3) is 0 Å². The summed E-state index contributed by atoms with van der Waals surface area (Å²) in [7, 11) is 0. The average molecular weight is 273 g/mol. The van der Waals surface area contributed by atoms with E-state index in [9.17, 15) is 4.57 Å². The minimum Gasteiger partial charge on any atom is -0.431 e. The summed E-state index contributed by atoms with van der Waals surface area (Å²) < 4.78 is 16.5. The number of hydrogen-bond acceptors (Lipinski definition) is 2. The number of hydrogen-bond donors (Lipinski definition) is 0. The minimum absolute atomic E-state index is 0.244. The van der Waals surface area contributed by atoms with Crippen LogP contribution in [0.5, 0.6) is 5.75 Å². The van der Waals surface area contributed by atoms with Crippen molar-refractivity contribution in [2.24, 2.45) is 0 Å². The normalized spacial score (nSPS) is 14.9. The van der Waals surface area contributed by atoms with Crippen LogP contribution in [-0.2, 0) is 4.57 Å². The van der Waals surface area contributed by atoms with Gasteiger partial charge in [0.15, 0.2) is 0 Å². The summed E-state index contributed by atoms with van der Waals surface area (Å²) in [4.78, 5) is 0. The molecular formula is C8H8Cl3O2P. The Morgan fingerprint density at radius 2 is 2.07 bits per heavy atom. The number of halogens is 3. The van der Waals surface area contributed by atoms with Crippen molar-refractivity contribution in [3.63, 3.8) is 0 Å². The zero-order valence-electron chi connectivity index (χ0n) is 7.34. The molecule has 1 aromatic rings. The average Bonchev–Trinajstić information content (AvgIpc) is 2.10. The highest BCUT2D eigenvalue weighted by Crippen LogP contribution is 2.52. The van der Waals surface area contributed by atoms with E-state index in [0.29, 0.717) is 10.0 Å². The summed E-state index contributed by atoms with van der Waals surface area (Å²) in [5, 5.41) is 0.787. The lowest BCUT2D eigenvalue weighted by atomic mass is 10.3. The lowest BCUT2D eigenvalue weighted by Crippen LogP contribution is -1.89. The first-order valence-corrected chi connectivity index (χ1v) is 7.35. The molecule has 0 aliphatic carbocycles. The molecule has 0 heterocycles. The first-order chi connectivity index (χ1) is 6.44. The zero-order valence-corrected chi connectivity index (χ0v) is 10.5. The van der Waals surface area contributed by atoms with Gasteiger partial charge in [0.25, 0.3) is 0 Å². The molecule has 0 aliphatic heterocycles. The maximum Gasteiger partial charge on any atom is 0.336 e. The Bertz CT molecular complexity index is 381. The zero-order chi connectivity index (χ0) is 10.8. The van der Waals surface area contributed by atoms with Crippen molar-refractivity contribution in [3.05, 3.63) is 28.2 Å². The molecule has 0 radical (unpaired) electrons. The molecule has 1 atom stereocenters. The SMILES string of the molecule is CCP(=O)(Cl)Oc1ccc(Cl)cc1Cl. The van der Waals surface area contributed by atoms with Crippen molar-refractivity contribution in [1.29, 1.82) is 0 Å². The molecule has 0 N–H and O–H groups in total. The molecule has 78 valence electrons. The fraction of sp³-hybridized carbons (Fsp3) is 0.250. The lowest BCUT2D eigenvalue weighted by Gasteiger charge is -2.11. The van der Waals surface area contributed by atoms with Gasteiger partial charge in [0, 0.05) is 11.2 Å². The molecule has 0 saturated heterocycles. The highest BCUT2D eigenvalue weighted by atomic mass is 35.7. The molecule has 0 saturated carbocycles. The number of benzene rings is 1. The van der Waals surface area contributed by atoms with Crippen molar-refractivity contribution >= 4 is 41.2 Å². The van der Waals surface area contributed by atoms with Crippen LogP contribution in [0.2, 0.25) is 10.0 Å². The highest BCUT2D eigenvalue weighted by Gasteiger charge is 2.19. The quantitative estimate of drug-likeness (QED) is 0.738. The summed E-state index contributed by atoms with van der Waals surface area (Å²) >= 11 is 17.1. The van der Waals surface area contributed by atoms with Gasteiger partial charge in [-0.15, -0.1) is 0 Å². The van der Waals surface area contributed by atoms with Crippen LogP contribution >= 0.6 is 41.2 Å². The van der Waals surface area contributed by atoms with Crippen molar-refractivity contribution in [2.75, 3.05) is 6.16 Å². The van der Waals surface area contributed by atoms with Gasteiger partial charge in [-0.1, -0.05) is 30.1 Å². The van der Waals surface area contributed by atoms with Crippen molar-refractivity contribution in [1.82, 2.24) is 0 Å². The van der Waals surface area contributed by atoms with Crippen molar-refractivity contribution in [3.8, 4) is 5.75 Å². The Balaban J connectivity index is 2.93. The second kappa shape index (κ2) is 4.76. The third kappa shape index (κ3) is 3.36. The third-order valence-electron chi connectivity index (χ3n) is 1.51. The van der Waals surface area contributed by atoms with Crippen LogP contribution in [0.1, 0.15) is 6.92 Å². The second-order valence-electron chi connectivity index (χ2n) is 2.57. The summed E-state index contributed by atoms with van der Waals surface area (Å²) in [6.07, 6.45) is 0.244. The van der Waals surface area contributed by atoms with E-state index in [4.69, 9.17) is 39.0 Å². The maximum absolute atomic E-state index is 11.4. The van der Waals surface area contributed by atoms with Gasteiger partial charge >= 0.3 is 6.72 Å². The Labute approximate surface area is 97.4 Å². The minimum atomic E-state index is -3.09. The molecule has 0 aliphatic rings. The molecule has 0 aromatic heterocycles. The van der Waals surface area contributed by atoms with Gasteiger partial charge in [-0.25, -0.2) is 0 Å². The smallest absolute Gasteiger partial charge is 0.336 e. The van der Waals surface area contributed by atoms with E-state index in [1.54, 1.807) is 13.0 Å². The van der Waals surface area contributed by atoms with Crippen LogP contribution < -0.4 is 4.52 Å². The molecule has 0 spiro atoms. The Morgan fingerprint density at radius 3 is 2.57 bits per heavy atom. The van der Waals surface area contributed by atoms with Gasteiger partial charge in [-0.3, -0.25) is 4.57 Å². The van der Waals surface area contributed by atoms with Crippen molar-refractivity contribution < 1.29 is 9.09 Å². The van der Waals surface area contributed by atoms with Crippen molar-refractivity contribution in [2.45, 2.75) is 6.92 Å². The van der Waals surface area contributed by atoms with Crippen LogP contribution in [0.3, 0.4) is 0 Å². The Hall–Kier alpha value is 0.120. The standard InChI is InChI=1S/C8H8Cl3O2P/c1-2-14(11,12)13-8-4-3-6(9)5-7(8)10/h3-5H,2H2,1H3. The molecule has 6 heteroatoms. The van der Waals surface area contributed by atoms with E-state index in [1.807, 2.05) is 0 Å². The fourth-order valence-electron chi connectivity index (χ4n) is 0.761. The Morgan fingerprint density at radius 1 is 1.43 bits per heavy atom. The van der Waals surface area contributed by atoms with Gasteiger partial charge in [0.1, 0.15) is 5.75 Å². The van der Waals surface area contributed by atoms with E-state index in [0.717, 1.165) is 0 Å². The summed E-state index contributed by atoms with van der Waals surface area (Å²) in [6, 6.07) is 4.63. The Kier molecular flexibility index (Phi) is 4.15. The molecule has 1 aromatic carbocycles. The highest BCUT2D eigenvalue weighted by molar-refractivity contribution is 7.85. The van der Waals surface area contributed by atoms with E-state index in [1.165, 1.54) is 12.1 Å². The molecule has 1 unspecified atom stereocenters. The predicted molar refractivity (Wildman–Crippen MR) is 61.1 cm³/mol. The monoisotopic (exact) mass is 272 g/mol. The van der Waals surface area contributed by atoms with Crippen LogP contribution in [0, 0.1) is 0 Å². The van der Waals surface area contributed by atoms with Gasteiger partial charge in [-0.05, 0) is 29.4 Å². The van der Waals surface area contributed by atoms with Gasteiger partial charge in [0.2, 0.25) is 0 Å². The molecule has 0 fully saturated rings. The van der Waals surface area contributed by atoms with E-state index in [2.05, 4.69) is 0 Å². The molecule has 2 nitrogen and oxygen atoms in total. The predicted octanol–water partition coefficient (Wildman–Crippen LogP) is 4.82. The van der Waals surface area contributed by atoms with E-state index in [-0.39, 0.29) is 11.9 Å². The molecule has 1 rings (SSSR count). The summed E-state index contributed by atoms with van der Waals surface area (Å²) in [6.45, 7) is -1.41. The van der Waals surface area contributed by atoms with Gasteiger partial charge in [-0.2, -0.15) is 0 Å². The van der Waals surface area contributed by atoms with Crippen LogP contribution in [-0.4, -0.2) is 6.16 Å². The largest absolute Gasteiger partial charge is 0.431 e. The van der Waals surface area contributed by atoms with Gasteiger partial charge < -0.3 is 4.52 Å². The summed E-state index contributed by atoms with van der Waals surface area (Å²) in [5.41, 5.74) is 0. The third-order valence-corrected chi connectivity index (χ3v) is 4.19. The van der Waals surface area contributed by atoms with E-state index < -0.39 is 6.72 Å². The van der Waals surface area contributed by atoms with Crippen LogP contribution in [0.15, 0.2) is 18.2 Å². The van der Waals surface area contributed by atoms with Gasteiger partial charge in [0.05, 0.1) is 5.02 Å². The topological polar surface area (TPSA) is 26.3 Å². The fourth-order valence-corrected chi connectivity index (χ4v) is 2.07. The maximum atomic E-state index is 11.4. The first-order valence-electron chi connectivity index (χ1n) is 3.88. The summed E-state index contributed by atoms with van der Waals surface area (Å²) in [5.74, 6) is 0.288. The molecule has 0 bridgehead atoms. The molecule has 14 heavy (non-hydrogen) atoms. The number of rotatable bonds is 3.